The third-order valence-corrected chi connectivity index (χ3v) is 6.23. The molecule has 30 heavy (non-hydrogen) atoms. The van der Waals surface area contributed by atoms with E-state index in [-0.39, 0.29) is 0 Å². The molecule has 1 unspecified atom stereocenters. The summed E-state index contributed by atoms with van der Waals surface area (Å²) in [4.78, 5) is 12.0. The molecule has 0 spiro atoms. The van der Waals surface area contributed by atoms with Gasteiger partial charge >= 0.3 is 0 Å². The van der Waals surface area contributed by atoms with Crippen molar-refractivity contribution in [1.82, 2.24) is 25.2 Å². The van der Waals surface area contributed by atoms with E-state index in [9.17, 15) is 0 Å². The minimum atomic E-state index is 0.559. The number of aromatic nitrogens is 1. The molecule has 2 fully saturated rings. The highest BCUT2D eigenvalue weighted by Crippen LogP contribution is 2.19. The molecule has 1 aromatic heterocycles. The molecule has 162 valence electrons. The molecular formula is C23H34N6O. The fourth-order valence-corrected chi connectivity index (χ4v) is 4.52. The summed E-state index contributed by atoms with van der Waals surface area (Å²) in [5, 5.41) is 7.70. The van der Waals surface area contributed by atoms with Crippen LogP contribution in [-0.2, 0) is 13.1 Å². The number of aliphatic imine (C=N–C) groups is 1. The van der Waals surface area contributed by atoms with Crippen molar-refractivity contribution in [3.8, 4) is 0 Å². The lowest BCUT2D eigenvalue weighted by atomic mass is 10.0. The Kier molecular flexibility index (Phi) is 7.37. The second-order valence-corrected chi connectivity index (χ2v) is 8.29. The lowest BCUT2D eigenvalue weighted by Crippen LogP contribution is -2.54. The average Bonchev–Trinajstić information content (AvgIpc) is 3.30. The highest BCUT2D eigenvalue weighted by atomic mass is 16.5. The van der Waals surface area contributed by atoms with Gasteiger partial charge in [-0.25, -0.2) is 0 Å². The molecule has 7 nitrogen and oxygen atoms in total. The van der Waals surface area contributed by atoms with E-state index in [1.165, 1.54) is 31.4 Å². The van der Waals surface area contributed by atoms with Crippen LogP contribution in [0.4, 0.5) is 0 Å². The summed E-state index contributed by atoms with van der Waals surface area (Å²) in [5.41, 5.74) is 2.40. The van der Waals surface area contributed by atoms with Crippen LogP contribution in [0.1, 0.15) is 30.5 Å². The Bertz CT molecular complexity index is 770. The molecule has 3 heterocycles. The van der Waals surface area contributed by atoms with E-state index < -0.39 is 0 Å². The van der Waals surface area contributed by atoms with Gasteiger partial charge < -0.3 is 14.7 Å². The molecule has 1 aromatic carbocycles. The Morgan fingerprint density at radius 1 is 1.07 bits per heavy atom. The van der Waals surface area contributed by atoms with Crippen LogP contribution in [0, 0.1) is 0 Å². The second-order valence-electron chi connectivity index (χ2n) is 8.29. The first kappa shape index (κ1) is 20.9. The Balaban J connectivity index is 1.26. The summed E-state index contributed by atoms with van der Waals surface area (Å²) < 4.78 is 4.95. The van der Waals surface area contributed by atoms with Gasteiger partial charge in [-0.3, -0.25) is 14.8 Å². The van der Waals surface area contributed by atoms with Gasteiger partial charge in [0.2, 0.25) is 0 Å². The quantitative estimate of drug-likeness (QED) is 0.583. The number of rotatable bonds is 6. The molecule has 2 aromatic rings. The minimum Gasteiger partial charge on any atom is -0.364 e. The van der Waals surface area contributed by atoms with Crippen molar-refractivity contribution >= 4 is 5.96 Å². The van der Waals surface area contributed by atoms with Gasteiger partial charge in [0.1, 0.15) is 6.26 Å². The van der Waals surface area contributed by atoms with Crippen LogP contribution < -0.4 is 5.32 Å². The first-order valence-corrected chi connectivity index (χ1v) is 11.2. The molecule has 0 radical (unpaired) electrons. The zero-order valence-corrected chi connectivity index (χ0v) is 18.0. The maximum absolute atomic E-state index is 4.95. The molecule has 2 saturated heterocycles. The van der Waals surface area contributed by atoms with Crippen molar-refractivity contribution in [3.05, 3.63) is 53.9 Å². The number of nitrogens with one attached hydrogen (secondary N) is 1. The van der Waals surface area contributed by atoms with Gasteiger partial charge in [0, 0.05) is 65.0 Å². The molecule has 2 aliphatic heterocycles. The van der Waals surface area contributed by atoms with Crippen LogP contribution in [0.25, 0.3) is 0 Å². The summed E-state index contributed by atoms with van der Waals surface area (Å²) in [5.74, 6) is 1.03. The summed E-state index contributed by atoms with van der Waals surface area (Å²) in [6.45, 7) is 8.01. The molecule has 0 bridgehead atoms. The molecule has 1 N–H and O–H groups in total. The molecule has 0 amide bonds. The normalized spacial score (nSPS) is 21.7. The number of benzene rings is 1. The van der Waals surface area contributed by atoms with Crippen LogP contribution in [0.5, 0.6) is 0 Å². The summed E-state index contributed by atoms with van der Waals surface area (Å²) in [6, 6.07) is 13.3. The Morgan fingerprint density at radius 3 is 2.63 bits per heavy atom. The maximum atomic E-state index is 4.95. The monoisotopic (exact) mass is 410 g/mol. The first-order valence-electron chi connectivity index (χ1n) is 11.2. The number of piperazine rings is 1. The van der Waals surface area contributed by atoms with Crippen molar-refractivity contribution in [2.24, 2.45) is 4.99 Å². The standard InChI is InChI=1S/C23H34N6O/c1-24-23(28-14-12-27(13-15-28)19-21-10-16-30-26-21)25-17-22-9-5-6-11-29(22)18-20-7-3-2-4-8-20/h2-4,7-8,10,16,22H,5-6,9,11-15,17-19H2,1H3,(H,24,25). The zero-order valence-electron chi connectivity index (χ0n) is 18.0. The van der Waals surface area contributed by atoms with Crippen LogP contribution in [0.15, 0.2) is 52.2 Å². The molecular weight excluding hydrogens is 376 g/mol. The topological polar surface area (TPSA) is 60.1 Å². The van der Waals surface area contributed by atoms with E-state index in [0.29, 0.717) is 6.04 Å². The number of hydrogen-bond donors (Lipinski definition) is 1. The molecule has 7 heteroatoms. The van der Waals surface area contributed by atoms with Crippen LogP contribution in [0.2, 0.25) is 0 Å². The molecule has 0 saturated carbocycles. The summed E-state index contributed by atoms with van der Waals surface area (Å²) >= 11 is 0. The Hall–Kier alpha value is -2.38. The van der Waals surface area contributed by atoms with Gasteiger partial charge in [-0.15, -0.1) is 0 Å². The summed E-state index contributed by atoms with van der Waals surface area (Å²) in [6.07, 6.45) is 5.51. The third-order valence-electron chi connectivity index (χ3n) is 6.23. The van der Waals surface area contributed by atoms with E-state index in [4.69, 9.17) is 4.52 Å². The van der Waals surface area contributed by atoms with Gasteiger partial charge in [-0.2, -0.15) is 0 Å². The third kappa shape index (κ3) is 5.61. The number of guanidine groups is 1. The molecule has 1 atom stereocenters. The minimum absolute atomic E-state index is 0.559. The van der Waals surface area contributed by atoms with Gasteiger partial charge in [0.05, 0.1) is 5.69 Å². The van der Waals surface area contributed by atoms with Crippen LogP contribution >= 0.6 is 0 Å². The van der Waals surface area contributed by atoms with Crippen LogP contribution in [0.3, 0.4) is 0 Å². The molecule has 4 rings (SSSR count). The smallest absolute Gasteiger partial charge is 0.193 e. The number of piperidine rings is 1. The number of hydrogen-bond acceptors (Lipinski definition) is 5. The van der Waals surface area contributed by atoms with Gasteiger partial charge in [-0.05, 0) is 24.9 Å². The Morgan fingerprint density at radius 2 is 1.90 bits per heavy atom. The van der Waals surface area contributed by atoms with E-state index in [1.54, 1.807) is 6.26 Å². The van der Waals surface area contributed by atoms with Crippen LogP contribution in [-0.4, -0.2) is 78.2 Å². The predicted octanol–water partition coefficient (Wildman–Crippen LogP) is 2.42. The highest BCUT2D eigenvalue weighted by molar-refractivity contribution is 5.80. The van der Waals surface area contributed by atoms with Gasteiger partial charge in [0.15, 0.2) is 5.96 Å². The van der Waals surface area contributed by atoms with E-state index in [1.807, 2.05) is 13.1 Å². The first-order chi connectivity index (χ1) is 14.8. The SMILES string of the molecule is CN=C(NCC1CCCCN1Cc1ccccc1)N1CCN(Cc2ccon2)CC1. The maximum Gasteiger partial charge on any atom is 0.193 e. The van der Waals surface area contributed by atoms with Crippen molar-refractivity contribution in [1.29, 1.82) is 0 Å². The average molecular weight is 411 g/mol. The van der Waals surface area contributed by atoms with Crippen molar-refractivity contribution in [3.63, 3.8) is 0 Å². The van der Waals surface area contributed by atoms with E-state index in [0.717, 1.165) is 57.5 Å². The lowest BCUT2D eigenvalue weighted by molar-refractivity contribution is 0.138. The molecule has 2 aliphatic rings. The number of likely N-dealkylation sites (tertiary alicyclic amines) is 1. The lowest BCUT2D eigenvalue weighted by Gasteiger charge is -2.39. The van der Waals surface area contributed by atoms with Crippen molar-refractivity contribution in [2.45, 2.75) is 38.4 Å². The van der Waals surface area contributed by atoms with Crippen molar-refractivity contribution in [2.75, 3.05) is 46.3 Å². The van der Waals surface area contributed by atoms with Gasteiger partial charge in [0.25, 0.3) is 0 Å². The number of nitrogens with zero attached hydrogens (tertiary/aromatic N) is 5. The van der Waals surface area contributed by atoms with Gasteiger partial charge in [-0.1, -0.05) is 41.9 Å². The van der Waals surface area contributed by atoms with E-state index in [2.05, 4.69) is 60.5 Å². The fourth-order valence-electron chi connectivity index (χ4n) is 4.52. The highest BCUT2D eigenvalue weighted by Gasteiger charge is 2.25. The van der Waals surface area contributed by atoms with E-state index >= 15 is 0 Å². The van der Waals surface area contributed by atoms with Crippen molar-refractivity contribution < 1.29 is 4.52 Å². The Labute approximate surface area is 179 Å². The fraction of sp³-hybridized carbons (Fsp3) is 0.565. The zero-order chi connectivity index (χ0) is 20.6. The predicted molar refractivity (Wildman–Crippen MR) is 119 cm³/mol. The second kappa shape index (κ2) is 10.6. The molecule has 0 aliphatic carbocycles. The largest absolute Gasteiger partial charge is 0.364 e. The summed E-state index contributed by atoms with van der Waals surface area (Å²) in [7, 11) is 1.90.